The van der Waals surface area contributed by atoms with E-state index in [9.17, 15) is 13.6 Å². The molecule has 0 saturated carbocycles. The summed E-state index contributed by atoms with van der Waals surface area (Å²) in [5, 5.41) is 2.64. The average Bonchev–Trinajstić information content (AvgIpc) is 2.44. The molecule has 0 radical (unpaired) electrons. The van der Waals surface area contributed by atoms with Gasteiger partial charge in [-0.15, -0.1) is 0 Å². The van der Waals surface area contributed by atoms with Gasteiger partial charge in [-0.05, 0) is 57.5 Å². The van der Waals surface area contributed by atoms with Crippen LogP contribution < -0.4 is 11.1 Å². The molecule has 1 aliphatic heterocycles. The van der Waals surface area contributed by atoms with Crippen LogP contribution in [0.3, 0.4) is 0 Å². The molecule has 0 aromatic heterocycles. The van der Waals surface area contributed by atoms with Crippen LogP contribution in [0, 0.1) is 17.6 Å². The number of nitrogens with one attached hydrogen (secondary N) is 1. The molecule has 1 fully saturated rings. The first kappa shape index (κ1) is 15.7. The second-order valence-electron chi connectivity index (χ2n) is 5.65. The molecular weight excluding hydrogens is 276 g/mol. The van der Waals surface area contributed by atoms with Crippen LogP contribution in [0.2, 0.25) is 0 Å². The minimum Gasteiger partial charge on any atom is -0.396 e. The van der Waals surface area contributed by atoms with Gasteiger partial charge < -0.3 is 16.0 Å². The van der Waals surface area contributed by atoms with Crippen LogP contribution in [-0.2, 0) is 0 Å². The second-order valence-corrected chi connectivity index (χ2v) is 5.65. The average molecular weight is 297 g/mol. The van der Waals surface area contributed by atoms with E-state index < -0.39 is 17.5 Å². The van der Waals surface area contributed by atoms with Crippen molar-refractivity contribution in [1.29, 1.82) is 0 Å². The van der Waals surface area contributed by atoms with Crippen molar-refractivity contribution in [3.05, 3.63) is 29.3 Å². The SMILES string of the molecule is CN1CCC(CCNC(=O)c2cc(F)cc(N)c2F)CC1. The molecule has 0 aliphatic carbocycles. The van der Waals surface area contributed by atoms with Crippen LogP contribution in [0.4, 0.5) is 14.5 Å². The number of nitrogens with two attached hydrogens (primary N) is 1. The zero-order valence-electron chi connectivity index (χ0n) is 12.2. The highest BCUT2D eigenvalue weighted by molar-refractivity contribution is 5.95. The molecule has 4 nitrogen and oxygen atoms in total. The van der Waals surface area contributed by atoms with Crippen LogP contribution in [-0.4, -0.2) is 37.5 Å². The smallest absolute Gasteiger partial charge is 0.254 e. The minimum absolute atomic E-state index is 0.337. The molecule has 1 aromatic rings. The summed E-state index contributed by atoms with van der Waals surface area (Å²) in [6.45, 7) is 2.59. The van der Waals surface area contributed by atoms with Gasteiger partial charge in [0.05, 0.1) is 11.3 Å². The summed E-state index contributed by atoms with van der Waals surface area (Å²) in [5.74, 6) is -1.63. The third-order valence-corrected chi connectivity index (χ3v) is 3.99. The van der Waals surface area contributed by atoms with E-state index in [2.05, 4.69) is 17.3 Å². The summed E-state index contributed by atoms with van der Waals surface area (Å²) in [6.07, 6.45) is 3.06. The molecule has 3 N–H and O–H groups in total. The highest BCUT2D eigenvalue weighted by Gasteiger charge is 2.18. The monoisotopic (exact) mass is 297 g/mol. The molecule has 1 aliphatic rings. The predicted molar refractivity (Wildman–Crippen MR) is 77.9 cm³/mol. The van der Waals surface area contributed by atoms with E-state index in [1.807, 2.05) is 0 Å². The van der Waals surface area contributed by atoms with Crippen LogP contribution in [0.25, 0.3) is 0 Å². The van der Waals surface area contributed by atoms with Gasteiger partial charge in [-0.2, -0.15) is 0 Å². The lowest BCUT2D eigenvalue weighted by Crippen LogP contribution is -2.33. The number of nitrogen functional groups attached to an aromatic ring is 1. The van der Waals surface area contributed by atoms with Gasteiger partial charge in [0.2, 0.25) is 0 Å². The Morgan fingerprint density at radius 3 is 2.71 bits per heavy atom. The summed E-state index contributed by atoms with van der Waals surface area (Å²) in [7, 11) is 2.09. The molecular formula is C15H21F2N3O. The topological polar surface area (TPSA) is 58.4 Å². The van der Waals surface area contributed by atoms with E-state index in [0.717, 1.165) is 44.5 Å². The number of rotatable bonds is 4. The Morgan fingerprint density at radius 2 is 2.05 bits per heavy atom. The van der Waals surface area contributed by atoms with Gasteiger partial charge in [0.15, 0.2) is 5.82 Å². The molecule has 1 heterocycles. The molecule has 116 valence electrons. The molecule has 0 unspecified atom stereocenters. The Morgan fingerprint density at radius 1 is 1.38 bits per heavy atom. The third-order valence-electron chi connectivity index (χ3n) is 3.99. The first-order valence-corrected chi connectivity index (χ1v) is 7.18. The Kier molecular flexibility index (Phi) is 5.12. The highest BCUT2D eigenvalue weighted by Crippen LogP contribution is 2.20. The number of carbonyl (C=O) groups excluding carboxylic acids is 1. The maximum atomic E-state index is 13.7. The number of likely N-dealkylation sites (tertiary alicyclic amines) is 1. The third kappa shape index (κ3) is 4.14. The quantitative estimate of drug-likeness (QED) is 0.836. The molecule has 1 aromatic carbocycles. The van der Waals surface area contributed by atoms with Crippen LogP contribution >= 0.6 is 0 Å². The lowest BCUT2D eigenvalue weighted by molar-refractivity contribution is 0.0944. The summed E-state index contributed by atoms with van der Waals surface area (Å²) in [5.41, 5.74) is 4.63. The van der Waals surface area contributed by atoms with Crippen molar-refractivity contribution in [2.75, 3.05) is 32.4 Å². The summed E-state index contributed by atoms with van der Waals surface area (Å²) >= 11 is 0. The highest BCUT2D eigenvalue weighted by atomic mass is 19.1. The number of halogens is 2. The Balaban J connectivity index is 1.85. The van der Waals surface area contributed by atoms with Gasteiger partial charge in [-0.1, -0.05) is 0 Å². The van der Waals surface area contributed by atoms with Gasteiger partial charge in [0.1, 0.15) is 5.82 Å². The Bertz CT molecular complexity index is 514. The van der Waals surface area contributed by atoms with E-state index in [1.165, 1.54) is 0 Å². The van der Waals surface area contributed by atoms with E-state index >= 15 is 0 Å². The maximum absolute atomic E-state index is 13.7. The zero-order chi connectivity index (χ0) is 15.4. The molecule has 21 heavy (non-hydrogen) atoms. The van der Waals surface area contributed by atoms with Crippen molar-refractivity contribution in [2.45, 2.75) is 19.3 Å². The fourth-order valence-corrected chi connectivity index (χ4v) is 2.61. The second kappa shape index (κ2) is 6.85. The number of amides is 1. The van der Waals surface area contributed by atoms with Gasteiger partial charge in [-0.25, -0.2) is 8.78 Å². The van der Waals surface area contributed by atoms with Crippen molar-refractivity contribution in [3.8, 4) is 0 Å². The fourth-order valence-electron chi connectivity index (χ4n) is 2.61. The number of carbonyl (C=O) groups is 1. The number of benzene rings is 1. The van der Waals surface area contributed by atoms with Gasteiger partial charge >= 0.3 is 0 Å². The first-order valence-electron chi connectivity index (χ1n) is 7.18. The number of hydrogen-bond donors (Lipinski definition) is 2. The van der Waals surface area contributed by atoms with Crippen molar-refractivity contribution in [3.63, 3.8) is 0 Å². The molecule has 1 saturated heterocycles. The number of anilines is 1. The van der Waals surface area contributed by atoms with Crippen molar-refractivity contribution in [1.82, 2.24) is 10.2 Å². The summed E-state index contributed by atoms with van der Waals surface area (Å²) in [6, 6.07) is 1.74. The van der Waals surface area contributed by atoms with E-state index in [0.29, 0.717) is 12.5 Å². The lowest BCUT2D eigenvalue weighted by atomic mass is 9.94. The molecule has 0 bridgehead atoms. The molecule has 0 spiro atoms. The fraction of sp³-hybridized carbons (Fsp3) is 0.533. The van der Waals surface area contributed by atoms with Crippen LogP contribution in [0.15, 0.2) is 12.1 Å². The van der Waals surface area contributed by atoms with Crippen molar-refractivity contribution in [2.24, 2.45) is 5.92 Å². The van der Waals surface area contributed by atoms with Crippen LogP contribution in [0.1, 0.15) is 29.6 Å². The summed E-state index contributed by atoms with van der Waals surface area (Å²) in [4.78, 5) is 14.2. The molecule has 1 amide bonds. The minimum atomic E-state index is -0.867. The molecule has 2 rings (SSSR count). The van der Waals surface area contributed by atoms with Crippen molar-refractivity contribution < 1.29 is 13.6 Å². The zero-order valence-corrected chi connectivity index (χ0v) is 12.2. The van der Waals surface area contributed by atoms with Gasteiger partial charge in [0.25, 0.3) is 5.91 Å². The van der Waals surface area contributed by atoms with Gasteiger partial charge in [-0.3, -0.25) is 4.79 Å². The summed E-state index contributed by atoms with van der Waals surface area (Å²) < 4.78 is 26.9. The number of hydrogen-bond acceptors (Lipinski definition) is 3. The van der Waals surface area contributed by atoms with Crippen LogP contribution in [0.5, 0.6) is 0 Å². The predicted octanol–water partition coefficient (Wildman–Crippen LogP) is 2.01. The molecule has 6 heteroatoms. The van der Waals surface area contributed by atoms with E-state index in [-0.39, 0.29) is 11.3 Å². The maximum Gasteiger partial charge on any atom is 0.254 e. The van der Waals surface area contributed by atoms with Crippen molar-refractivity contribution >= 4 is 11.6 Å². The first-order chi connectivity index (χ1) is 9.97. The normalized spacial score (nSPS) is 16.9. The van der Waals surface area contributed by atoms with Gasteiger partial charge in [0, 0.05) is 6.54 Å². The van der Waals surface area contributed by atoms with E-state index in [1.54, 1.807) is 0 Å². The molecule has 0 atom stereocenters. The number of nitrogens with zero attached hydrogens (tertiary/aromatic N) is 1. The Labute approximate surface area is 123 Å². The number of piperidine rings is 1. The Hall–Kier alpha value is -1.69. The largest absolute Gasteiger partial charge is 0.396 e. The standard InChI is InChI=1S/C15H21F2N3O/c1-20-6-3-10(4-7-20)2-5-19-15(21)12-8-11(16)9-13(18)14(12)17/h8-10H,2-7,18H2,1H3,(H,19,21). The van der Waals surface area contributed by atoms with E-state index in [4.69, 9.17) is 5.73 Å². The lowest BCUT2D eigenvalue weighted by Gasteiger charge is -2.28.